The number of carbonyl (C=O) groups excluding carboxylic acids is 1. The lowest BCUT2D eigenvalue weighted by Crippen LogP contribution is -2.12. The summed E-state index contributed by atoms with van der Waals surface area (Å²) in [6.07, 6.45) is 5.23. The third-order valence-electron chi connectivity index (χ3n) is 3.97. The third-order valence-corrected chi connectivity index (χ3v) is 4.81. The van der Waals surface area contributed by atoms with Gasteiger partial charge in [-0.1, -0.05) is 19.4 Å². The van der Waals surface area contributed by atoms with Crippen LogP contribution in [0, 0.1) is 0 Å². The highest BCUT2D eigenvalue weighted by molar-refractivity contribution is 7.10. The van der Waals surface area contributed by atoms with Crippen molar-refractivity contribution in [2.75, 3.05) is 6.61 Å². The fraction of sp³-hybridized carbons (Fsp3) is 0.238. The van der Waals surface area contributed by atoms with Gasteiger partial charge in [-0.25, -0.2) is 4.79 Å². The molecule has 0 spiro atoms. The Labute approximate surface area is 155 Å². The monoisotopic (exact) mass is 368 g/mol. The van der Waals surface area contributed by atoms with E-state index in [1.807, 2.05) is 36.6 Å². The van der Waals surface area contributed by atoms with E-state index < -0.39 is 5.97 Å². The summed E-state index contributed by atoms with van der Waals surface area (Å²) in [5.41, 5.74) is 1.36. The largest absolute Gasteiger partial charge is 0.462 e. The molecule has 0 atom stereocenters. The van der Waals surface area contributed by atoms with Gasteiger partial charge < -0.3 is 9.15 Å². The molecular weight excluding hydrogens is 348 g/mol. The molecule has 0 aliphatic carbocycles. The van der Waals surface area contributed by atoms with Crippen molar-refractivity contribution < 1.29 is 13.9 Å². The van der Waals surface area contributed by atoms with Crippen LogP contribution in [0.2, 0.25) is 0 Å². The van der Waals surface area contributed by atoms with Crippen molar-refractivity contribution in [1.82, 2.24) is 0 Å². The maximum Gasteiger partial charge on any atom is 0.338 e. The second-order valence-corrected chi connectivity index (χ2v) is 6.78. The van der Waals surface area contributed by atoms with Gasteiger partial charge in [0.2, 0.25) is 0 Å². The lowest BCUT2D eigenvalue weighted by Gasteiger charge is -2.08. The Bertz CT molecular complexity index is 997. The summed E-state index contributed by atoms with van der Waals surface area (Å²) in [6, 6.07) is 8.82. The van der Waals surface area contributed by atoms with Gasteiger partial charge in [0.25, 0.3) is 0 Å². The standard InChI is InChI=1S/C21H20O4S/c1-3-6-16-18(11-9-15-7-5-12-26-15)25-19-10-8-14(21(23)24-4-2)13-17(19)20(16)22/h5,7-13H,3-4,6H2,1-2H3/b11-9+. The summed E-state index contributed by atoms with van der Waals surface area (Å²) >= 11 is 1.62. The third kappa shape index (κ3) is 3.78. The van der Waals surface area contributed by atoms with Crippen LogP contribution in [-0.2, 0) is 11.2 Å². The zero-order chi connectivity index (χ0) is 18.5. The number of fused-ring (bicyclic) bond motifs is 1. The molecule has 0 bridgehead atoms. The summed E-state index contributed by atoms with van der Waals surface area (Å²) < 4.78 is 11.0. The number of esters is 1. The Kier molecular flexibility index (Phi) is 5.68. The van der Waals surface area contributed by atoms with Gasteiger partial charge in [0.15, 0.2) is 5.43 Å². The maximum absolute atomic E-state index is 13.0. The first-order valence-electron chi connectivity index (χ1n) is 8.62. The van der Waals surface area contributed by atoms with Crippen LogP contribution in [0.3, 0.4) is 0 Å². The lowest BCUT2D eigenvalue weighted by atomic mass is 10.0. The zero-order valence-corrected chi connectivity index (χ0v) is 15.6. The van der Waals surface area contributed by atoms with E-state index >= 15 is 0 Å². The van der Waals surface area contributed by atoms with Crippen molar-refractivity contribution in [2.24, 2.45) is 0 Å². The smallest absolute Gasteiger partial charge is 0.338 e. The van der Waals surface area contributed by atoms with Gasteiger partial charge in [-0.2, -0.15) is 0 Å². The quantitative estimate of drug-likeness (QED) is 0.564. The van der Waals surface area contributed by atoms with Gasteiger partial charge in [-0.3, -0.25) is 4.79 Å². The van der Waals surface area contributed by atoms with E-state index in [9.17, 15) is 9.59 Å². The molecule has 3 aromatic rings. The average Bonchev–Trinajstić information content (AvgIpc) is 3.16. The molecule has 0 unspecified atom stereocenters. The second kappa shape index (κ2) is 8.15. The molecular formula is C21H20O4S. The Morgan fingerprint density at radius 2 is 2.08 bits per heavy atom. The van der Waals surface area contributed by atoms with Crippen LogP contribution in [0.4, 0.5) is 0 Å². The summed E-state index contributed by atoms with van der Waals surface area (Å²) in [7, 11) is 0. The molecule has 0 N–H and O–H groups in total. The van der Waals surface area contributed by atoms with Crippen molar-refractivity contribution >= 4 is 40.4 Å². The molecule has 26 heavy (non-hydrogen) atoms. The first-order chi connectivity index (χ1) is 12.6. The van der Waals surface area contributed by atoms with Gasteiger partial charge in [0, 0.05) is 10.4 Å². The predicted octanol–water partition coefficient (Wildman–Crippen LogP) is 5.15. The number of thiophene rings is 1. The van der Waals surface area contributed by atoms with E-state index in [-0.39, 0.29) is 5.43 Å². The first kappa shape index (κ1) is 18.1. The molecule has 3 rings (SSSR count). The summed E-state index contributed by atoms with van der Waals surface area (Å²) in [5, 5.41) is 2.41. The number of ether oxygens (including phenoxy) is 1. The van der Waals surface area contributed by atoms with Crippen molar-refractivity contribution in [3.05, 3.63) is 67.7 Å². The normalized spacial score (nSPS) is 11.3. The predicted molar refractivity (Wildman–Crippen MR) is 106 cm³/mol. The Balaban J connectivity index is 2.11. The SMILES string of the molecule is CCCc1c(/C=C/c2cccs2)oc2ccc(C(=O)OCC)cc2c1=O. The molecule has 4 nitrogen and oxygen atoms in total. The van der Waals surface area contributed by atoms with Gasteiger partial charge in [0.05, 0.1) is 17.6 Å². The fourth-order valence-electron chi connectivity index (χ4n) is 2.76. The van der Waals surface area contributed by atoms with Crippen LogP contribution < -0.4 is 5.43 Å². The molecule has 2 heterocycles. The number of hydrogen-bond donors (Lipinski definition) is 0. The molecule has 0 radical (unpaired) electrons. The van der Waals surface area contributed by atoms with Crippen LogP contribution in [0.1, 0.15) is 46.8 Å². The maximum atomic E-state index is 13.0. The number of benzene rings is 1. The van der Waals surface area contributed by atoms with Crippen LogP contribution in [0.15, 0.2) is 44.9 Å². The summed E-state index contributed by atoms with van der Waals surface area (Å²) in [4.78, 5) is 26.0. The van der Waals surface area contributed by atoms with Crippen LogP contribution in [-0.4, -0.2) is 12.6 Å². The molecule has 0 aliphatic heterocycles. The van der Waals surface area contributed by atoms with Crippen molar-refractivity contribution in [1.29, 1.82) is 0 Å². The van der Waals surface area contributed by atoms with Gasteiger partial charge >= 0.3 is 5.97 Å². The number of hydrogen-bond acceptors (Lipinski definition) is 5. The summed E-state index contributed by atoms with van der Waals surface area (Å²) in [5.74, 6) is 0.133. The molecule has 1 aromatic carbocycles. The number of carbonyl (C=O) groups is 1. The molecule has 2 aromatic heterocycles. The van der Waals surface area contributed by atoms with Crippen molar-refractivity contribution in [2.45, 2.75) is 26.7 Å². The molecule has 0 aliphatic rings. The first-order valence-corrected chi connectivity index (χ1v) is 9.50. The molecule has 0 fully saturated rings. The van der Waals surface area contributed by atoms with E-state index in [0.717, 1.165) is 11.3 Å². The van der Waals surface area contributed by atoms with Crippen molar-refractivity contribution in [3.8, 4) is 0 Å². The topological polar surface area (TPSA) is 56.5 Å². The fourth-order valence-corrected chi connectivity index (χ4v) is 3.38. The van der Waals surface area contributed by atoms with E-state index in [2.05, 4.69) is 0 Å². The molecule has 0 saturated heterocycles. The minimum atomic E-state index is -0.437. The second-order valence-electron chi connectivity index (χ2n) is 5.80. The zero-order valence-electron chi connectivity index (χ0n) is 14.8. The Morgan fingerprint density at radius 1 is 1.23 bits per heavy atom. The average molecular weight is 368 g/mol. The van der Waals surface area contributed by atoms with Gasteiger partial charge in [-0.15, -0.1) is 11.3 Å². The highest BCUT2D eigenvalue weighted by Gasteiger charge is 2.15. The van der Waals surface area contributed by atoms with E-state index in [4.69, 9.17) is 9.15 Å². The van der Waals surface area contributed by atoms with E-state index in [1.54, 1.807) is 36.5 Å². The molecule has 0 saturated carbocycles. The van der Waals surface area contributed by atoms with E-state index in [0.29, 0.717) is 40.9 Å². The Hall–Kier alpha value is -2.66. The van der Waals surface area contributed by atoms with Crippen molar-refractivity contribution in [3.63, 3.8) is 0 Å². The number of rotatable bonds is 6. The summed E-state index contributed by atoms with van der Waals surface area (Å²) in [6.45, 7) is 4.06. The van der Waals surface area contributed by atoms with Crippen LogP contribution in [0.5, 0.6) is 0 Å². The minimum absolute atomic E-state index is 0.0925. The minimum Gasteiger partial charge on any atom is -0.462 e. The molecule has 134 valence electrons. The lowest BCUT2D eigenvalue weighted by molar-refractivity contribution is 0.0526. The van der Waals surface area contributed by atoms with Crippen LogP contribution >= 0.6 is 11.3 Å². The Morgan fingerprint density at radius 3 is 2.77 bits per heavy atom. The van der Waals surface area contributed by atoms with Crippen LogP contribution in [0.25, 0.3) is 23.1 Å². The molecule has 0 amide bonds. The van der Waals surface area contributed by atoms with Gasteiger partial charge in [-0.05, 0) is 55.1 Å². The highest BCUT2D eigenvalue weighted by Crippen LogP contribution is 2.21. The van der Waals surface area contributed by atoms with E-state index in [1.165, 1.54) is 0 Å². The highest BCUT2D eigenvalue weighted by atomic mass is 32.1. The van der Waals surface area contributed by atoms with Gasteiger partial charge in [0.1, 0.15) is 11.3 Å². The molecule has 5 heteroatoms.